The van der Waals surface area contributed by atoms with Crippen molar-refractivity contribution in [3.8, 4) is 0 Å². The zero-order chi connectivity index (χ0) is 38.4. The standard InChI is InChI=1S/C21H38O4SSi.C20H36O2Si/c1-16(2)27(17(3)4,18(5)6)24-15-14-21(19(7)25-26(8,22)23)20-12-10-9-11-13-20;1-15(2)23(16(3)4,17(5)6)22-14-13-20(18(7)21)19-11-9-8-10-12-19/h9-13,16-19,21H,14-15H2,1-8H3;8-12,15-18,20-21H,13-14H2,1-7H3. The van der Waals surface area contributed by atoms with Gasteiger partial charge in [0.1, 0.15) is 0 Å². The molecule has 0 aliphatic carbocycles. The maximum atomic E-state index is 11.6. The van der Waals surface area contributed by atoms with E-state index >= 15 is 0 Å². The van der Waals surface area contributed by atoms with Crippen molar-refractivity contribution in [2.75, 3.05) is 19.5 Å². The predicted octanol–water partition coefficient (Wildman–Crippen LogP) is 11.5. The average molecular weight is 751 g/mol. The van der Waals surface area contributed by atoms with Gasteiger partial charge in [-0.2, -0.15) is 8.42 Å². The van der Waals surface area contributed by atoms with Crippen LogP contribution in [-0.4, -0.2) is 61.8 Å². The molecule has 9 heteroatoms. The molecule has 0 fully saturated rings. The van der Waals surface area contributed by atoms with Crippen molar-refractivity contribution in [3.05, 3.63) is 71.8 Å². The highest BCUT2D eigenvalue weighted by Gasteiger charge is 2.46. The molecule has 1 N–H and O–H groups in total. The molecule has 0 saturated carbocycles. The summed E-state index contributed by atoms with van der Waals surface area (Å²) in [5, 5.41) is 10.2. The minimum absolute atomic E-state index is 0.0286. The molecular weight excluding hydrogens is 677 g/mol. The van der Waals surface area contributed by atoms with Gasteiger partial charge in [-0.05, 0) is 71.1 Å². The van der Waals surface area contributed by atoms with E-state index in [9.17, 15) is 13.5 Å². The molecule has 4 unspecified atom stereocenters. The molecule has 0 aliphatic rings. The average Bonchev–Trinajstić information content (AvgIpc) is 3.00. The maximum Gasteiger partial charge on any atom is 0.264 e. The molecule has 2 aromatic rings. The van der Waals surface area contributed by atoms with Crippen LogP contribution in [0.2, 0.25) is 33.2 Å². The zero-order valence-corrected chi connectivity index (χ0v) is 37.1. The lowest BCUT2D eigenvalue weighted by Gasteiger charge is -2.42. The fourth-order valence-electron chi connectivity index (χ4n) is 8.83. The van der Waals surface area contributed by atoms with E-state index in [0.29, 0.717) is 39.9 Å². The van der Waals surface area contributed by atoms with Crippen molar-refractivity contribution in [1.82, 2.24) is 0 Å². The van der Waals surface area contributed by atoms with Crippen molar-refractivity contribution in [2.24, 2.45) is 0 Å². The van der Waals surface area contributed by atoms with Crippen molar-refractivity contribution >= 4 is 26.8 Å². The first-order chi connectivity index (χ1) is 23.1. The van der Waals surface area contributed by atoms with Gasteiger partial charge in [-0.25, -0.2) is 0 Å². The maximum absolute atomic E-state index is 11.6. The smallest absolute Gasteiger partial charge is 0.264 e. The Labute approximate surface area is 310 Å². The van der Waals surface area contributed by atoms with Crippen LogP contribution >= 0.6 is 0 Å². The van der Waals surface area contributed by atoms with E-state index in [1.165, 1.54) is 5.56 Å². The second-order valence-corrected chi connectivity index (χ2v) is 28.7. The van der Waals surface area contributed by atoms with Gasteiger partial charge < -0.3 is 14.0 Å². The molecule has 0 saturated heterocycles. The predicted molar refractivity (Wildman–Crippen MR) is 219 cm³/mol. The third-order valence-electron chi connectivity index (χ3n) is 10.9. The summed E-state index contributed by atoms with van der Waals surface area (Å²) >= 11 is 0. The number of benzene rings is 2. The van der Waals surface area contributed by atoms with Crippen LogP contribution in [-0.2, 0) is 23.2 Å². The fraction of sp³-hybridized carbons (Fsp3) is 0.707. The van der Waals surface area contributed by atoms with Crippen LogP contribution in [0.15, 0.2) is 60.7 Å². The first kappa shape index (κ1) is 46.7. The number of hydrogen-bond donors (Lipinski definition) is 1. The zero-order valence-electron chi connectivity index (χ0n) is 34.3. The van der Waals surface area contributed by atoms with Crippen molar-refractivity contribution in [3.63, 3.8) is 0 Å². The van der Waals surface area contributed by atoms with Gasteiger partial charge in [-0.1, -0.05) is 144 Å². The summed E-state index contributed by atoms with van der Waals surface area (Å²) in [5.41, 5.74) is 5.67. The van der Waals surface area contributed by atoms with E-state index in [1.54, 1.807) is 0 Å². The van der Waals surface area contributed by atoms with Gasteiger partial charge in [-0.15, -0.1) is 0 Å². The molecular formula is C41H74O6SSi2. The summed E-state index contributed by atoms with van der Waals surface area (Å²) in [6.07, 6.45) is 1.94. The Bertz CT molecular complexity index is 1250. The minimum atomic E-state index is -3.50. The van der Waals surface area contributed by atoms with Crippen LogP contribution in [0.4, 0.5) is 0 Å². The van der Waals surface area contributed by atoms with Gasteiger partial charge in [0.25, 0.3) is 10.1 Å². The molecule has 0 heterocycles. The van der Waals surface area contributed by atoms with Gasteiger partial charge >= 0.3 is 0 Å². The SMILES string of the molecule is CC(O)C(CCO[Si](C(C)C)(C(C)C)C(C)C)c1ccccc1.CC(OS(C)(=O)=O)C(CCO[Si](C(C)C)(C(C)C)C(C)C)c1ccccc1. The molecule has 0 spiro atoms. The summed E-state index contributed by atoms with van der Waals surface area (Å²) in [7, 11) is -7.25. The summed E-state index contributed by atoms with van der Waals surface area (Å²) in [4.78, 5) is 0. The Balaban J connectivity index is 0.000000506. The van der Waals surface area contributed by atoms with E-state index in [-0.39, 0.29) is 17.9 Å². The number of rotatable bonds is 20. The highest BCUT2D eigenvalue weighted by Crippen LogP contribution is 2.44. The third-order valence-corrected chi connectivity index (χ3v) is 23.8. The summed E-state index contributed by atoms with van der Waals surface area (Å²) in [6, 6.07) is 20.3. The van der Waals surface area contributed by atoms with Gasteiger partial charge in [-0.3, -0.25) is 4.18 Å². The van der Waals surface area contributed by atoms with Gasteiger partial charge in [0, 0.05) is 25.0 Å². The monoisotopic (exact) mass is 750 g/mol. The first-order valence-corrected chi connectivity index (χ1v) is 25.2. The molecule has 0 amide bonds. The molecule has 0 bridgehead atoms. The molecule has 4 atom stereocenters. The molecule has 0 radical (unpaired) electrons. The van der Waals surface area contributed by atoms with E-state index in [0.717, 1.165) is 31.3 Å². The normalized spacial score (nSPS) is 15.5. The second kappa shape index (κ2) is 21.4. The van der Waals surface area contributed by atoms with Gasteiger partial charge in [0.05, 0.1) is 18.5 Å². The molecule has 2 aromatic carbocycles. The lowest BCUT2D eigenvalue weighted by molar-refractivity contribution is 0.142. The van der Waals surface area contributed by atoms with E-state index in [4.69, 9.17) is 13.0 Å². The third kappa shape index (κ3) is 13.3. The van der Waals surface area contributed by atoms with Gasteiger partial charge in [0.15, 0.2) is 16.6 Å². The Hall–Kier alpha value is -1.34. The number of aliphatic hydroxyl groups is 1. The minimum Gasteiger partial charge on any atom is -0.416 e. The number of aliphatic hydroxyl groups excluding tert-OH is 1. The highest BCUT2D eigenvalue weighted by molar-refractivity contribution is 7.86. The van der Waals surface area contributed by atoms with Crippen LogP contribution in [0, 0.1) is 0 Å². The van der Waals surface area contributed by atoms with Crippen LogP contribution in [0.1, 0.15) is 133 Å². The first-order valence-electron chi connectivity index (χ1n) is 19.1. The van der Waals surface area contributed by atoms with Crippen molar-refractivity contribution in [2.45, 2.75) is 167 Å². The summed E-state index contributed by atoms with van der Waals surface area (Å²) < 4.78 is 41.9. The topological polar surface area (TPSA) is 82.1 Å². The summed E-state index contributed by atoms with van der Waals surface area (Å²) in [5.74, 6) is 0.119. The fourth-order valence-corrected chi connectivity index (χ4v) is 20.5. The summed E-state index contributed by atoms with van der Waals surface area (Å²) in [6.45, 7) is 32.6. The quantitative estimate of drug-likeness (QED) is 0.107. The van der Waals surface area contributed by atoms with E-state index in [2.05, 4.69) is 95.2 Å². The largest absolute Gasteiger partial charge is 0.416 e. The molecule has 50 heavy (non-hydrogen) atoms. The van der Waals surface area contributed by atoms with Crippen molar-refractivity contribution < 1.29 is 26.6 Å². The van der Waals surface area contributed by atoms with E-state index in [1.807, 2.05) is 62.4 Å². The molecule has 0 aromatic heterocycles. The van der Waals surface area contributed by atoms with Gasteiger partial charge in [0.2, 0.25) is 0 Å². The second-order valence-electron chi connectivity index (χ2n) is 16.2. The number of hydrogen-bond acceptors (Lipinski definition) is 6. The Morgan fingerprint density at radius 2 is 0.840 bits per heavy atom. The lowest BCUT2D eigenvalue weighted by atomic mass is 9.91. The Morgan fingerprint density at radius 3 is 1.12 bits per heavy atom. The van der Waals surface area contributed by atoms with Crippen LogP contribution < -0.4 is 0 Å². The highest BCUT2D eigenvalue weighted by atomic mass is 32.2. The molecule has 0 aliphatic heterocycles. The molecule has 2 rings (SSSR count). The van der Waals surface area contributed by atoms with Crippen LogP contribution in [0.25, 0.3) is 0 Å². The van der Waals surface area contributed by atoms with Crippen molar-refractivity contribution in [1.29, 1.82) is 0 Å². The molecule has 288 valence electrons. The Kier molecular flexibility index (Phi) is 20.0. The van der Waals surface area contributed by atoms with E-state index < -0.39 is 32.9 Å². The molecule has 6 nitrogen and oxygen atoms in total. The lowest BCUT2D eigenvalue weighted by Crippen LogP contribution is -2.48. The Morgan fingerprint density at radius 1 is 0.540 bits per heavy atom. The van der Waals surface area contributed by atoms with Crippen LogP contribution in [0.5, 0.6) is 0 Å². The van der Waals surface area contributed by atoms with Crippen LogP contribution in [0.3, 0.4) is 0 Å².